The lowest BCUT2D eigenvalue weighted by atomic mass is 9.94. The Labute approximate surface area is 118 Å². The molecule has 3 heterocycles. The summed E-state index contributed by atoms with van der Waals surface area (Å²) in [5, 5.41) is 3.49. The predicted molar refractivity (Wildman–Crippen MR) is 73.9 cm³/mol. The van der Waals surface area contributed by atoms with Crippen LogP contribution in [0.2, 0.25) is 0 Å². The van der Waals surface area contributed by atoms with Gasteiger partial charge in [0.25, 0.3) is 5.91 Å². The third-order valence-electron chi connectivity index (χ3n) is 4.32. The largest absolute Gasteiger partial charge is 0.334 e. The van der Waals surface area contributed by atoms with Gasteiger partial charge in [-0.15, -0.1) is 0 Å². The molecule has 2 fully saturated rings. The summed E-state index contributed by atoms with van der Waals surface area (Å²) in [5.74, 6) is -0.543. The van der Waals surface area contributed by atoms with Crippen molar-refractivity contribution in [3.8, 4) is 0 Å². The topological polar surface area (TPSA) is 45.2 Å². The fourth-order valence-corrected chi connectivity index (χ4v) is 3.36. The Morgan fingerprint density at radius 2 is 2.20 bits per heavy atom. The molecule has 0 aliphatic carbocycles. The number of hydrogen-bond donors (Lipinski definition) is 1. The normalized spacial score (nSPS) is 26.8. The number of pyridine rings is 1. The minimum atomic E-state index is -0.455. The van der Waals surface area contributed by atoms with E-state index in [2.05, 4.69) is 10.3 Å². The third kappa shape index (κ3) is 2.68. The summed E-state index contributed by atoms with van der Waals surface area (Å²) in [5.41, 5.74) is 0.356. The van der Waals surface area contributed by atoms with E-state index < -0.39 is 5.82 Å². The SMILES string of the molecule is O=C(c1cncc(F)c1)N1CCCCC1C1CCCN1. The number of amides is 1. The van der Waals surface area contributed by atoms with Crippen LogP contribution in [0.25, 0.3) is 0 Å². The van der Waals surface area contributed by atoms with Gasteiger partial charge in [-0.25, -0.2) is 4.39 Å². The summed E-state index contributed by atoms with van der Waals surface area (Å²) in [6.07, 6.45) is 8.10. The van der Waals surface area contributed by atoms with Gasteiger partial charge < -0.3 is 10.2 Å². The quantitative estimate of drug-likeness (QED) is 0.899. The lowest BCUT2D eigenvalue weighted by molar-refractivity contribution is 0.0562. The maximum absolute atomic E-state index is 13.2. The van der Waals surface area contributed by atoms with Crippen molar-refractivity contribution in [1.29, 1.82) is 0 Å². The molecule has 1 N–H and O–H groups in total. The van der Waals surface area contributed by atoms with E-state index in [9.17, 15) is 9.18 Å². The molecule has 3 rings (SSSR count). The zero-order chi connectivity index (χ0) is 13.9. The van der Waals surface area contributed by atoms with Crippen LogP contribution in [0.1, 0.15) is 42.5 Å². The molecule has 2 saturated heterocycles. The van der Waals surface area contributed by atoms with Crippen molar-refractivity contribution in [2.75, 3.05) is 13.1 Å². The van der Waals surface area contributed by atoms with Crippen LogP contribution in [0.3, 0.4) is 0 Å². The highest BCUT2D eigenvalue weighted by molar-refractivity contribution is 5.94. The molecule has 1 amide bonds. The van der Waals surface area contributed by atoms with E-state index in [0.29, 0.717) is 11.6 Å². The van der Waals surface area contributed by atoms with Crippen LogP contribution in [0.5, 0.6) is 0 Å². The lowest BCUT2D eigenvalue weighted by Crippen LogP contribution is -2.52. The van der Waals surface area contributed by atoms with Crippen LogP contribution in [-0.2, 0) is 0 Å². The van der Waals surface area contributed by atoms with Gasteiger partial charge >= 0.3 is 0 Å². The van der Waals surface area contributed by atoms with Gasteiger partial charge in [0, 0.05) is 24.8 Å². The van der Waals surface area contributed by atoms with Crippen molar-refractivity contribution in [2.45, 2.75) is 44.2 Å². The molecule has 0 bridgehead atoms. The second-order valence-corrected chi connectivity index (χ2v) is 5.66. The summed E-state index contributed by atoms with van der Waals surface area (Å²) in [4.78, 5) is 18.3. The van der Waals surface area contributed by atoms with Gasteiger partial charge in [-0.1, -0.05) is 0 Å². The van der Waals surface area contributed by atoms with Gasteiger partial charge in [0.05, 0.1) is 11.8 Å². The van der Waals surface area contributed by atoms with Crippen LogP contribution in [0, 0.1) is 5.82 Å². The zero-order valence-corrected chi connectivity index (χ0v) is 11.5. The summed E-state index contributed by atoms with van der Waals surface area (Å²) < 4.78 is 13.2. The molecule has 0 aromatic carbocycles. The van der Waals surface area contributed by atoms with Gasteiger partial charge in [-0.2, -0.15) is 0 Å². The van der Waals surface area contributed by atoms with Crippen molar-refractivity contribution < 1.29 is 9.18 Å². The van der Waals surface area contributed by atoms with Crippen molar-refractivity contribution in [1.82, 2.24) is 15.2 Å². The molecule has 0 saturated carbocycles. The van der Waals surface area contributed by atoms with Gasteiger partial charge in [0.15, 0.2) is 0 Å². The maximum Gasteiger partial charge on any atom is 0.255 e. The summed E-state index contributed by atoms with van der Waals surface area (Å²) in [6.45, 7) is 1.79. The Morgan fingerprint density at radius 1 is 1.30 bits per heavy atom. The first-order valence-corrected chi connectivity index (χ1v) is 7.40. The summed E-state index contributed by atoms with van der Waals surface area (Å²) in [7, 11) is 0. The highest BCUT2D eigenvalue weighted by atomic mass is 19.1. The fourth-order valence-electron chi connectivity index (χ4n) is 3.36. The molecule has 2 unspecified atom stereocenters. The van der Waals surface area contributed by atoms with Crippen LogP contribution >= 0.6 is 0 Å². The molecule has 4 nitrogen and oxygen atoms in total. The Hall–Kier alpha value is -1.49. The van der Waals surface area contributed by atoms with Crippen LogP contribution < -0.4 is 5.32 Å². The van der Waals surface area contributed by atoms with Gasteiger partial charge in [-0.3, -0.25) is 9.78 Å². The van der Waals surface area contributed by atoms with E-state index in [1.54, 1.807) is 0 Å². The lowest BCUT2D eigenvalue weighted by Gasteiger charge is -2.39. The van der Waals surface area contributed by atoms with Crippen molar-refractivity contribution in [2.24, 2.45) is 0 Å². The first-order chi connectivity index (χ1) is 9.75. The van der Waals surface area contributed by atoms with E-state index in [1.807, 2.05) is 4.90 Å². The number of halogens is 1. The van der Waals surface area contributed by atoms with Crippen molar-refractivity contribution >= 4 is 5.91 Å². The molecule has 0 spiro atoms. The van der Waals surface area contributed by atoms with Crippen LogP contribution in [0.4, 0.5) is 4.39 Å². The standard InChI is InChI=1S/C15H20FN3O/c16-12-8-11(9-17-10-12)15(20)19-7-2-1-5-14(19)13-4-3-6-18-13/h8-10,13-14,18H,1-7H2. The minimum Gasteiger partial charge on any atom is -0.334 e. The smallest absolute Gasteiger partial charge is 0.255 e. The second-order valence-electron chi connectivity index (χ2n) is 5.66. The van der Waals surface area contributed by atoms with E-state index in [0.717, 1.165) is 45.0 Å². The van der Waals surface area contributed by atoms with Gasteiger partial charge in [0.1, 0.15) is 5.82 Å². The Bertz CT molecular complexity index is 488. The van der Waals surface area contributed by atoms with E-state index in [1.165, 1.54) is 18.7 Å². The molecule has 20 heavy (non-hydrogen) atoms. The fraction of sp³-hybridized carbons (Fsp3) is 0.600. The average Bonchev–Trinajstić information content (AvgIpc) is 3.00. The maximum atomic E-state index is 13.2. The molecule has 2 atom stereocenters. The van der Waals surface area contributed by atoms with Crippen LogP contribution in [0.15, 0.2) is 18.5 Å². The number of nitrogens with one attached hydrogen (secondary N) is 1. The Kier molecular flexibility index (Phi) is 3.96. The first kappa shape index (κ1) is 13.5. The Morgan fingerprint density at radius 3 is 2.95 bits per heavy atom. The highest BCUT2D eigenvalue weighted by Gasteiger charge is 2.34. The predicted octanol–water partition coefficient (Wildman–Crippen LogP) is 1.97. The van der Waals surface area contributed by atoms with E-state index in [-0.39, 0.29) is 11.9 Å². The number of aromatic nitrogens is 1. The molecule has 1 aromatic rings. The number of likely N-dealkylation sites (tertiary alicyclic amines) is 1. The van der Waals surface area contributed by atoms with Crippen molar-refractivity contribution in [3.63, 3.8) is 0 Å². The molecular weight excluding hydrogens is 257 g/mol. The molecule has 5 heteroatoms. The van der Waals surface area contributed by atoms with Crippen molar-refractivity contribution in [3.05, 3.63) is 29.8 Å². The molecule has 0 radical (unpaired) electrons. The molecule has 1 aromatic heterocycles. The van der Waals surface area contributed by atoms with E-state index in [4.69, 9.17) is 0 Å². The van der Waals surface area contributed by atoms with E-state index >= 15 is 0 Å². The summed E-state index contributed by atoms with van der Waals surface area (Å²) >= 11 is 0. The number of piperidine rings is 1. The minimum absolute atomic E-state index is 0.0876. The highest BCUT2D eigenvalue weighted by Crippen LogP contribution is 2.25. The monoisotopic (exact) mass is 277 g/mol. The molecule has 108 valence electrons. The first-order valence-electron chi connectivity index (χ1n) is 7.40. The average molecular weight is 277 g/mol. The molecule has 2 aliphatic heterocycles. The van der Waals surface area contributed by atoms with Crippen LogP contribution in [-0.4, -0.2) is 41.0 Å². The molecule has 2 aliphatic rings. The number of rotatable bonds is 2. The Balaban J connectivity index is 1.80. The number of nitrogens with zero attached hydrogens (tertiary/aromatic N) is 2. The third-order valence-corrected chi connectivity index (χ3v) is 4.32. The second kappa shape index (κ2) is 5.87. The summed E-state index contributed by atoms with van der Waals surface area (Å²) in [6, 6.07) is 1.91. The zero-order valence-electron chi connectivity index (χ0n) is 11.5. The number of carbonyl (C=O) groups is 1. The van der Waals surface area contributed by atoms with Gasteiger partial charge in [0.2, 0.25) is 0 Å². The number of carbonyl (C=O) groups excluding carboxylic acids is 1. The molecular formula is C15H20FN3O. The van der Waals surface area contributed by atoms with Gasteiger partial charge in [-0.05, 0) is 44.7 Å². The number of hydrogen-bond acceptors (Lipinski definition) is 3.